The Labute approximate surface area is 134 Å². The van der Waals surface area contributed by atoms with Gasteiger partial charge in [-0.15, -0.1) is 4.40 Å². The minimum atomic E-state index is -3.81. The summed E-state index contributed by atoms with van der Waals surface area (Å²) in [5.41, 5.74) is 0. The van der Waals surface area contributed by atoms with Crippen LogP contribution < -0.4 is 0 Å². The van der Waals surface area contributed by atoms with E-state index in [-0.39, 0.29) is 21.2 Å². The Kier molecular flexibility index (Phi) is 5.60. The maximum absolute atomic E-state index is 12.3. The second-order valence-corrected chi connectivity index (χ2v) is 7.67. The number of thioether (sulfide) groups is 1. The quantitative estimate of drug-likeness (QED) is 0.736. The standard InChI is InChI=1S/C14H18N2O4S2/c1-11-13(17)16(9-6-10-20-2)14(21-11)15-22(18,19)12-7-4-3-5-8-12/h3-5,7-8,11H,6,9-10H2,1-2H3/b15-14+. The molecule has 1 unspecified atom stereocenters. The lowest BCUT2D eigenvalue weighted by molar-refractivity contribution is -0.126. The Morgan fingerprint density at radius 2 is 2.00 bits per heavy atom. The number of rotatable bonds is 6. The van der Waals surface area contributed by atoms with Gasteiger partial charge in [0, 0.05) is 20.3 Å². The predicted octanol–water partition coefficient (Wildman–Crippen LogP) is 1.73. The zero-order valence-corrected chi connectivity index (χ0v) is 14.1. The second-order valence-electron chi connectivity index (χ2n) is 4.76. The fourth-order valence-electron chi connectivity index (χ4n) is 1.98. The third kappa shape index (κ3) is 3.88. The molecule has 1 atom stereocenters. The molecule has 6 nitrogen and oxygen atoms in total. The number of hydrogen-bond acceptors (Lipinski definition) is 5. The highest BCUT2D eigenvalue weighted by atomic mass is 32.2. The molecule has 1 saturated heterocycles. The molecule has 120 valence electrons. The summed E-state index contributed by atoms with van der Waals surface area (Å²) in [6, 6.07) is 7.98. The first-order chi connectivity index (χ1) is 10.5. The molecule has 0 aliphatic carbocycles. The smallest absolute Gasteiger partial charge is 0.284 e. The molecular formula is C14H18N2O4S2. The summed E-state index contributed by atoms with van der Waals surface area (Å²) in [5.74, 6) is -0.122. The van der Waals surface area contributed by atoms with Crippen LogP contribution in [0.2, 0.25) is 0 Å². The summed E-state index contributed by atoms with van der Waals surface area (Å²) in [6.07, 6.45) is 0.625. The van der Waals surface area contributed by atoms with E-state index in [4.69, 9.17) is 4.74 Å². The Balaban J connectivity index is 2.26. The zero-order valence-electron chi connectivity index (χ0n) is 12.4. The van der Waals surface area contributed by atoms with Crippen LogP contribution in [0.15, 0.2) is 39.6 Å². The van der Waals surface area contributed by atoms with Crippen LogP contribution in [0.3, 0.4) is 0 Å². The van der Waals surface area contributed by atoms with Crippen molar-refractivity contribution >= 4 is 32.9 Å². The SMILES string of the molecule is COCCCN1C(=O)C(C)S/C1=N/S(=O)(=O)c1ccccc1. The van der Waals surface area contributed by atoms with Crippen LogP contribution in [0.5, 0.6) is 0 Å². The molecule has 1 aromatic carbocycles. The number of amides is 1. The van der Waals surface area contributed by atoms with Gasteiger partial charge in [0.2, 0.25) is 5.91 Å². The normalized spacial score (nSPS) is 20.8. The molecule has 1 aliphatic rings. The van der Waals surface area contributed by atoms with E-state index in [0.29, 0.717) is 19.6 Å². The van der Waals surface area contributed by atoms with Crippen molar-refractivity contribution in [3.8, 4) is 0 Å². The molecule has 1 aromatic rings. The van der Waals surface area contributed by atoms with Gasteiger partial charge in [0.15, 0.2) is 5.17 Å². The molecule has 1 fully saturated rings. The van der Waals surface area contributed by atoms with Crippen molar-refractivity contribution in [3.05, 3.63) is 30.3 Å². The highest BCUT2D eigenvalue weighted by molar-refractivity contribution is 8.16. The first-order valence-electron chi connectivity index (χ1n) is 6.82. The van der Waals surface area contributed by atoms with E-state index in [2.05, 4.69) is 4.40 Å². The van der Waals surface area contributed by atoms with Crippen LogP contribution in [0.25, 0.3) is 0 Å². The van der Waals surface area contributed by atoms with Gasteiger partial charge in [-0.3, -0.25) is 9.69 Å². The van der Waals surface area contributed by atoms with Crippen molar-refractivity contribution < 1.29 is 17.9 Å². The molecule has 0 saturated carbocycles. The van der Waals surface area contributed by atoms with Gasteiger partial charge in [-0.2, -0.15) is 8.42 Å². The molecule has 0 N–H and O–H groups in total. The average Bonchev–Trinajstić information content (AvgIpc) is 2.75. The fourth-order valence-corrected chi connectivity index (χ4v) is 4.21. The lowest BCUT2D eigenvalue weighted by Gasteiger charge is -2.15. The number of benzene rings is 1. The van der Waals surface area contributed by atoms with E-state index in [1.165, 1.54) is 28.8 Å². The number of sulfonamides is 1. The maximum Gasteiger partial charge on any atom is 0.284 e. The summed E-state index contributed by atoms with van der Waals surface area (Å²) in [5, 5.41) is -0.0928. The van der Waals surface area contributed by atoms with Crippen molar-refractivity contribution in [1.82, 2.24) is 4.90 Å². The first kappa shape index (κ1) is 17.0. The molecule has 1 aliphatic heterocycles. The zero-order chi connectivity index (χ0) is 16.2. The molecule has 0 aromatic heterocycles. The second kappa shape index (κ2) is 7.26. The molecule has 1 amide bonds. The third-order valence-corrected chi connectivity index (χ3v) is 5.57. The van der Waals surface area contributed by atoms with Crippen molar-refractivity contribution in [2.45, 2.75) is 23.5 Å². The maximum atomic E-state index is 12.3. The Bertz CT molecular complexity index is 659. The number of nitrogens with zero attached hydrogens (tertiary/aromatic N) is 2. The Morgan fingerprint density at radius 3 is 2.64 bits per heavy atom. The highest BCUT2D eigenvalue weighted by Gasteiger charge is 2.36. The van der Waals surface area contributed by atoms with Gasteiger partial charge in [-0.05, 0) is 25.5 Å². The van der Waals surface area contributed by atoms with Crippen molar-refractivity contribution in [3.63, 3.8) is 0 Å². The number of ether oxygens (including phenoxy) is 1. The number of amidine groups is 1. The van der Waals surface area contributed by atoms with Crippen LogP contribution in [0, 0.1) is 0 Å². The number of hydrogen-bond donors (Lipinski definition) is 0. The molecule has 1 heterocycles. The van der Waals surface area contributed by atoms with Gasteiger partial charge >= 0.3 is 0 Å². The van der Waals surface area contributed by atoms with Gasteiger partial charge in [-0.1, -0.05) is 30.0 Å². The average molecular weight is 342 g/mol. The Hall–Kier alpha value is -1.38. The van der Waals surface area contributed by atoms with Gasteiger partial charge in [0.1, 0.15) is 0 Å². The predicted molar refractivity (Wildman–Crippen MR) is 86.3 cm³/mol. The number of methoxy groups -OCH3 is 1. The molecule has 22 heavy (non-hydrogen) atoms. The lowest BCUT2D eigenvalue weighted by atomic mass is 10.3. The molecular weight excluding hydrogens is 324 g/mol. The highest BCUT2D eigenvalue weighted by Crippen LogP contribution is 2.28. The minimum absolute atomic E-state index is 0.118. The summed E-state index contributed by atoms with van der Waals surface area (Å²) in [6.45, 7) is 2.64. The number of carbonyl (C=O) groups is 1. The van der Waals surface area contributed by atoms with Crippen LogP contribution in [0.1, 0.15) is 13.3 Å². The Morgan fingerprint density at radius 1 is 1.32 bits per heavy atom. The van der Waals surface area contributed by atoms with E-state index in [1.54, 1.807) is 32.2 Å². The van der Waals surface area contributed by atoms with Gasteiger partial charge in [0.25, 0.3) is 10.0 Å². The summed E-state index contributed by atoms with van der Waals surface area (Å²) >= 11 is 1.17. The number of carbonyl (C=O) groups excluding carboxylic acids is 1. The van der Waals surface area contributed by atoms with Crippen molar-refractivity contribution in [1.29, 1.82) is 0 Å². The lowest BCUT2D eigenvalue weighted by Crippen LogP contribution is -2.33. The van der Waals surface area contributed by atoms with Crippen LogP contribution >= 0.6 is 11.8 Å². The van der Waals surface area contributed by atoms with Gasteiger partial charge < -0.3 is 4.74 Å². The molecule has 0 spiro atoms. The van der Waals surface area contributed by atoms with Crippen LogP contribution in [0.4, 0.5) is 0 Å². The van der Waals surface area contributed by atoms with E-state index >= 15 is 0 Å². The van der Waals surface area contributed by atoms with E-state index in [1.807, 2.05) is 0 Å². The monoisotopic (exact) mass is 342 g/mol. The fraction of sp³-hybridized carbons (Fsp3) is 0.429. The largest absolute Gasteiger partial charge is 0.385 e. The topological polar surface area (TPSA) is 76.0 Å². The first-order valence-corrected chi connectivity index (χ1v) is 9.14. The van der Waals surface area contributed by atoms with Crippen LogP contribution in [-0.4, -0.2) is 49.9 Å². The molecule has 8 heteroatoms. The van der Waals surface area contributed by atoms with Crippen LogP contribution in [-0.2, 0) is 19.6 Å². The van der Waals surface area contributed by atoms with Gasteiger partial charge in [-0.25, -0.2) is 0 Å². The van der Waals surface area contributed by atoms with Crippen molar-refractivity contribution in [2.24, 2.45) is 4.40 Å². The van der Waals surface area contributed by atoms with Gasteiger partial charge in [0.05, 0.1) is 10.1 Å². The molecule has 0 bridgehead atoms. The molecule has 2 rings (SSSR count). The summed E-state index contributed by atoms with van der Waals surface area (Å²) in [7, 11) is -2.23. The minimum Gasteiger partial charge on any atom is -0.385 e. The summed E-state index contributed by atoms with van der Waals surface area (Å²) in [4.78, 5) is 13.7. The molecule has 0 radical (unpaired) electrons. The van der Waals surface area contributed by atoms with E-state index in [0.717, 1.165) is 0 Å². The third-order valence-electron chi connectivity index (χ3n) is 3.10. The van der Waals surface area contributed by atoms with Crippen molar-refractivity contribution in [2.75, 3.05) is 20.3 Å². The summed E-state index contributed by atoms with van der Waals surface area (Å²) < 4.78 is 33.4. The van der Waals surface area contributed by atoms with E-state index < -0.39 is 10.0 Å². The van der Waals surface area contributed by atoms with E-state index in [9.17, 15) is 13.2 Å².